The number of aromatic nitrogens is 2. The predicted octanol–water partition coefficient (Wildman–Crippen LogP) is 3.07. The molecule has 0 unspecified atom stereocenters. The van der Waals surface area contributed by atoms with Crippen molar-refractivity contribution in [3.05, 3.63) is 34.9 Å². The molecule has 2 aromatic rings. The average molecular weight is 283 g/mol. The molecule has 0 fully saturated rings. The van der Waals surface area contributed by atoms with Crippen LogP contribution in [0.3, 0.4) is 0 Å². The Kier molecular flexibility index (Phi) is 3.29. The number of benzene rings is 1. The maximum atomic E-state index is 12.6. The van der Waals surface area contributed by atoms with Crippen LogP contribution in [-0.2, 0) is 6.18 Å². The lowest BCUT2D eigenvalue weighted by molar-refractivity contribution is -0.137. The number of anilines is 1. The number of aryl methyl sites for hydroxylation is 2. The van der Waals surface area contributed by atoms with Crippen LogP contribution in [-0.4, -0.2) is 15.3 Å². The molecular formula is C13H12F3N3O. The Labute approximate surface area is 113 Å². The first kappa shape index (κ1) is 14.1. The molecule has 0 spiro atoms. The third-order valence-corrected chi connectivity index (χ3v) is 2.92. The first-order valence-electron chi connectivity index (χ1n) is 5.71. The molecule has 7 heteroatoms. The van der Waals surface area contributed by atoms with Crippen molar-refractivity contribution in [2.75, 3.05) is 5.73 Å². The molecule has 3 N–H and O–H groups in total. The van der Waals surface area contributed by atoms with Gasteiger partial charge in [-0.15, -0.1) is 10.2 Å². The molecule has 0 aliphatic carbocycles. The molecule has 0 aliphatic rings. The van der Waals surface area contributed by atoms with Crippen LogP contribution >= 0.6 is 0 Å². The van der Waals surface area contributed by atoms with E-state index in [1.165, 1.54) is 6.92 Å². The zero-order valence-corrected chi connectivity index (χ0v) is 10.8. The number of phenolic OH excluding ortho intramolecular Hbond substituents is 1. The lowest BCUT2D eigenvalue weighted by Crippen LogP contribution is -2.06. The summed E-state index contributed by atoms with van der Waals surface area (Å²) in [5, 5.41) is 17.4. The molecule has 0 atom stereocenters. The van der Waals surface area contributed by atoms with E-state index in [4.69, 9.17) is 5.73 Å². The number of hydrogen-bond donors (Lipinski definition) is 2. The SMILES string of the molecule is Cc1cc(-c2c(C)cc(C(F)(F)F)cc2O)nnc1N. The van der Waals surface area contributed by atoms with Crippen molar-refractivity contribution >= 4 is 5.82 Å². The number of alkyl halides is 3. The minimum Gasteiger partial charge on any atom is -0.507 e. The van der Waals surface area contributed by atoms with E-state index in [-0.39, 0.29) is 22.6 Å². The molecule has 0 amide bonds. The van der Waals surface area contributed by atoms with E-state index in [1.807, 2.05) is 0 Å². The van der Waals surface area contributed by atoms with Gasteiger partial charge in [-0.05, 0) is 43.2 Å². The highest BCUT2D eigenvalue weighted by atomic mass is 19.4. The summed E-state index contributed by atoms with van der Waals surface area (Å²) in [6, 6.07) is 3.20. The standard InChI is InChI=1S/C13H12F3N3O/c1-6-3-8(13(14,15)16)5-10(20)11(6)9-4-7(2)12(17)19-18-9/h3-5,20H,1-2H3,(H2,17,19). The normalized spacial score (nSPS) is 11.7. The first-order valence-corrected chi connectivity index (χ1v) is 5.71. The second kappa shape index (κ2) is 4.66. The highest BCUT2D eigenvalue weighted by molar-refractivity contribution is 5.72. The van der Waals surface area contributed by atoms with Crippen LogP contribution in [0.2, 0.25) is 0 Å². The molecule has 0 radical (unpaired) electrons. The van der Waals surface area contributed by atoms with E-state index >= 15 is 0 Å². The van der Waals surface area contributed by atoms with Gasteiger partial charge in [-0.25, -0.2) is 0 Å². The fourth-order valence-electron chi connectivity index (χ4n) is 1.88. The second-order valence-corrected chi connectivity index (χ2v) is 4.48. The smallest absolute Gasteiger partial charge is 0.416 e. The van der Waals surface area contributed by atoms with Crippen molar-refractivity contribution < 1.29 is 18.3 Å². The monoisotopic (exact) mass is 283 g/mol. The zero-order chi connectivity index (χ0) is 15.1. The van der Waals surface area contributed by atoms with Gasteiger partial charge in [0.1, 0.15) is 11.6 Å². The van der Waals surface area contributed by atoms with E-state index in [2.05, 4.69) is 10.2 Å². The van der Waals surface area contributed by atoms with Crippen LogP contribution in [0.1, 0.15) is 16.7 Å². The molecular weight excluding hydrogens is 271 g/mol. The Balaban J connectivity index is 2.61. The molecule has 4 nitrogen and oxygen atoms in total. The minimum absolute atomic E-state index is 0.216. The molecule has 0 saturated carbocycles. The van der Waals surface area contributed by atoms with Gasteiger partial charge in [0.25, 0.3) is 0 Å². The topological polar surface area (TPSA) is 72.0 Å². The largest absolute Gasteiger partial charge is 0.507 e. The molecule has 0 bridgehead atoms. The van der Waals surface area contributed by atoms with Crippen LogP contribution in [0.15, 0.2) is 18.2 Å². The van der Waals surface area contributed by atoms with Crippen molar-refractivity contribution in [3.8, 4) is 17.0 Å². The molecule has 2 rings (SSSR count). The highest BCUT2D eigenvalue weighted by Crippen LogP contribution is 2.38. The Morgan fingerprint density at radius 1 is 1.05 bits per heavy atom. The number of phenols is 1. The van der Waals surface area contributed by atoms with Gasteiger partial charge in [0.15, 0.2) is 0 Å². The number of hydrogen-bond acceptors (Lipinski definition) is 4. The van der Waals surface area contributed by atoms with Gasteiger partial charge in [0.05, 0.1) is 11.3 Å². The zero-order valence-electron chi connectivity index (χ0n) is 10.8. The van der Waals surface area contributed by atoms with E-state index in [9.17, 15) is 18.3 Å². The fraction of sp³-hybridized carbons (Fsp3) is 0.231. The van der Waals surface area contributed by atoms with Crippen LogP contribution < -0.4 is 5.73 Å². The van der Waals surface area contributed by atoms with Gasteiger partial charge in [0.2, 0.25) is 0 Å². The van der Waals surface area contributed by atoms with Crippen molar-refractivity contribution in [1.82, 2.24) is 10.2 Å². The second-order valence-electron chi connectivity index (χ2n) is 4.48. The van der Waals surface area contributed by atoms with Gasteiger partial charge in [0, 0.05) is 5.56 Å². The number of nitrogens with zero attached hydrogens (tertiary/aromatic N) is 2. The molecule has 1 aromatic heterocycles. The predicted molar refractivity (Wildman–Crippen MR) is 68.0 cm³/mol. The van der Waals surface area contributed by atoms with Gasteiger partial charge in [-0.1, -0.05) is 0 Å². The lowest BCUT2D eigenvalue weighted by Gasteiger charge is -2.13. The summed E-state index contributed by atoms with van der Waals surface area (Å²) in [4.78, 5) is 0. The van der Waals surface area contributed by atoms with Gasteiger partial charge < -0.3 is 10.8 Å². The summed E-state index contributed by atoms with van der Waals surface area (Å²) in [5.74, 6) is -0.256. The van der Waals surface area contributed by atoms with Crippen molar-refractivity contribution in [2.45, 2.75) is 20.0 Å². The first-order chi connectivity index (χ1) is 9.20. The number of halogens is 3. The Morgan fingerprint density at radius 3 is 2.20 bits per heavy atom. The molecule has 1 heterocycles. The average Bonchev–Trinajstić information content (AvgIpc) is 2.31. The quantitative estimate of drug-likeness (QED) is 0.843. The summed E-state index contributed by atoms with van der Waals surface area (Å²) < 4.78 is 37.9. The Hall–Kier alpha value is -2.31. The summed E-state index contributed by atoms with van der Waals surface area (Å²) in [7, 11) is 0. The number of nitrogen functional groups attached to an aromatic ring is 1. The number of rotatable bonds is 1. The summed E-state index contributed by atoms with van der Waals surface area (Å²) in [6.07, 6.45) is -4.51. The van der Waals surface area contributed by atoms with Crippen LogP contribution in [0.5, 0.6) is 5.75 Å². The van der Waals surface area contributed by atoms with Crippen molar-refractivity contribution in [2.24, 2.45) is 0 Å². The van der Waals surface area contributed by atoms with Crippen LogP contribution in [0.4, 0.5) is 19.0 Å². The van der Waals surface area contributed by atoms with Crippen molar-refractivity contribution in [3.63, 3.8) is 0 Å². The maximum Gasteiger partial charge on any atom is 0.416 e. The summed E-state index contributed by atoms with van der Waals surface area (Å²) in [5.41, 5.74) is 6.02. The van der Waals surface area contributed by atoms with Crippen LogP contribution in [0.25, 0.3) is 11.3 Å². The van der Waals surface area contributed by atoms with E-state index in [0.717, 1.165) is 6.07 Å². The van der Waals surface area contributed by atoms with Crippen molar-refractivity contribution in [1.29, 1.82) is 0 Å². The van der Waals surface area contributed by atoms with E-state index < -0.39 is 17.5 Å². The molecule has 20 heavy (non-hydrogen) atoms. The summed E-state index contributed by atoms with van der Waals surface area (Å²) >= 11 is 0. The van der Waals surface area contributed by atoms with E-state index in [1.54, 1.807) is 13.0 Å². The molecule has 0 aliphatic heterocycles. The summed E-state index contributed by atoms with van der Waals surface area (Å²) in [6.45, 7) is 3.17. The third-order valence-electron chi connectivity index (χ3n) is 2.92. The Morgan fingerprint density at radius 2 is 1.70 bits per heavy atom. The van der Waals surface area contributed by atoms with Gasteiger partial charge in [-0.3, -0.25) is 0 Å². The third kappa shape index (κ3) is 2.52. The minimum atomic E-state index is -4.51. The Bertz CT molecular complexity index is 645. The maximum absolute atomic E-state index is 12.6. The highest BCUT2D eigenvalue weighted by Gasteiger charge is 2.32. The van der Waals surface area contributed by atoms with Gasteiger partial charge >= 0.3 is 6.18 Å². The van der Waals surface area contributed by atoms with Gasteiger partial charge in [-0.2, -0.15) is 13.2 Å². The number of nitrogens with two attached hydrogens (primary N) is 1. The molecule has 106 valence electrons. The fourth-order valence-corrected chi connectivity index (χ4v) is 1.88. The lowest BCUT2D eigenvalue weighted by atomic mass is 10.00. The number of aromatic hydroxyl groups is 1. The molecule has 1 aromatic carbocycles. The van der Waals surface area contributed by atoms with E-state index in [0.29, 0.717) is 11.6 Å². The molecule has 0 saturated heterocycles. The van der Waals surface area contributed by atoms with Crippen LogP contribution in [0, 0.1) is 13.8 Å².